The molecule has 19 heavy (non-hydrogen) atoms. The monoisotopic (exact) mass is 344 g/mol. The summed E-state index contributed by atoms with van der Waals surface area (Å²) in [5.74, 6) is 0.631. The first-order chi connectivity index (χ1) is 8.79. The summed E-state index contributed by atoms with van der Waals surface area (Å²) in [5, 5.41) is -0.00480. The zero-order valence-electron chi connectivity index (χ0n) is 10.7. The Morgan fingerprint density at radius 3 is 2.47 bits per heavy atom. The van der Waals surface area contributed by atoms with Crippen molar-refractivity contribution >= 4 is 31.6 Å². The molecule has 0 aliphatic heterocycles. The van der Waals surface area contributed by atoms with Gasteiger partial charge in [0.15, 0.2) is 5.03 Å². The van der Waals surface area contributed by atoms with E-state index < -0.39 is 10.0 Å². The molecule has 0 bridgehead atoms. The Morgan fingerprint density at radius 1 is 1.26 bits per heavy atom. The molecule has 6 nitrogen and oxygen atoms in total. The Bertz CT molecular complexity index is 705. The third-order valence-corrected chi connectivity index (χ3v) is 4.34. The molecule has 1 N–H and O–H groups in total. The first-order valence-corrected chi connectivity index (χ1v) is 7.73. The highest BCUT2D eigenvalue weighted by Gasteiger charge is 2.19. The van der Waals surface area contributed by atoms with Crippen LogP contribution in [0.5, 0.6) is 0 Å². The summed E-state index contributed by atoms with van der Waals surface area (Å²) in [5.41, 5.74) is 1.03. The molecule has 0 radical (unpaired) electrons. The van der Waals surface area contributed by atoms with Crippen LogP contribution >= 0.6 is 15.9 Å². The molecule has 0 amide bonds. The zero-order chi connectivity index (χ0) is 14.2. The standard InChI is InChI=1S/C11H13BrN4O2S/c1-7-9(4-5-10(12)13-7)15-19(17,18)11-6-16(3)8(2)14-11/h4-6,15H,1-3H3. The summed E-state index contributed by atoms with van der Waals surface area (Å²) in [6, 6.07) is 3.33. The highest BCUT2D eigenvalue weighted by Crippen LogP contribution is 2.20. The van der Waals surface area contributed by atoms with Crippen LogP contribution < -0.4 is 4.72 Å². The Morgan fingerprint density at radius 2 is 1.95 bits per heavy atom. The van der Waals surface area contributed by atoms with Crippen molar-refractivity contribution in [2.75, 3.05) is 4.72 Å². The lowest BCUT2D eigenvalue weighted by Crippen LogP contribution is -2.14. The number of aryl methyl sites for hydroxylation is 3. The fourth-order valence-electron chi connectivity index (χ4n) is 1.49. The topological polar surface area (TPSA) is 76.9 Å². The van der Waals surface area contributed by atoms with Crippen molar-refractivity contribution in [1.82, 2.24) is 14.5 Å². The lowest BCUT2D eigenvalue weighted by molar-refractivity contribution is 0.598. The van der Waals surface area contributed by atoms with E-state index in [-0.39, 0.29) is 5.03 Å². The van der Waals surface area contributed by atoms with E-state index in [0.717, 1.165) is 0 Å². The third-order valence-electron chi connectivity index (χ3n) is 2.66. The number of aromatic nitrogens is 3. The molecule has 0 spiro atoms. The average Bonchev–Trinajstić information content (AvgIpc) is 2.64. The van der Waals surface area contributed by atoms with Gasteiger partial charge in [-0.25, -0.2) is 9.97 Å². The van der Waals surface area contributed by atoms with Crippen LogP contribution in [0, 0.1) is 13.8 Å². The van der Waals surface area contributed by atoms with Gasteiger partial charge in [-0.3, -0.25) is 4.72 Å². The number of pyridine rings is 1. The van der Waals surface area contributed by atoms with Gasteiger partial charge in [0, 0.05) is 13.2 Å². The second-order valence-electron chi connectivity index (χ2n) is 4.11. The van der Waals surface area contributed by atoms with Gasteiger partial charge in [0.05, 0.1) is 11.4 Å². The fourth-order valence-corrected chi connectivity index (χ4v) is 3.05. The van der Waals surface area contributed by atoms with Crippen molar-refractivity contribution in [2.24, 2.45) is 7.05 Å². The molecule has 2 aromatic heterocycles. The Labute approximate surface area is 120 Å². The van der Waals surface area contributed by atoms with Crippen molar-refractivity contribution in [3.05, 3.63) is 34.5 Å². The first-order valence-electron chi connectivity index (χ1n) is 5.45. The first kappa shape index (κ1) is 14.0. The second-order valence-corrected chi connectivity index (χ2v) is 6.55. The van der Waals surface area contributed by atoms with E-state index in [0.29, 0.717) is 21.8 Å². The predicted molar refractivity (Wildman–Crippen MR) is 75.4 cm³/mol. The normalized spacial score (nSPS) is 11.6. The Kier molecular flexibility index (Phi) is 3.64. The summed E-state index contributed by atoms with van der Waals surface area (Å²) in [4.78, 5) is 8.15. The highest BCUT2D eigenvalue weighted by atomic mass is 79.9. The summed E-state index contributed by atoms with van der Waals surface area (Å²) in [7, 11) is -1.94. The smallest absolute Gasteiger partial charge is 0.281 e. The quantitative estimate of drug-likeness (QED) is 0.864. The number of rotatable bonds is 3. The molecule has 0 saturated heterocycles. The maximum Gasteiger partial charge on any atom is 0.281 e. The third kappa shape index (κ3) is 2.95. The van der Waals surface area contributed by atoms with E-state index in [9.17, 15) is 8.42 Å². The lowest BCUT2D eigenvalue weighted by atomic mass is 10.3. The van der Waals surface area contributed by atoms with E-state index in [1.165, 1.54) is 6.20 Å². The number of hydrogen-bond acceptors (Lipinski definition) is 4. The molecule has 0 aliphatic rings. The molecule has 8 heteroatoms. The molecule has 102 valence electrons. The zero-order valence-corrected chi connectivity index (χ0v) is 13.1. The average molecular weight is 345 g/mol. The number of hydrogen-bond donors (Lipinski definition) is 1. The van der Waals surface area contributed by atoms with Gasteiger partial charge in [-0.1, -0.05) is 0 Å². The lowest BCUT2D eigenvalue weighted by Gasteiger charge is -2.08. The summed E-state index contributed by atoms with van der Waals surface area (Å²) in [6.07, 6.45) is 1.47. The maximum absolute atomic E-state index is 12.2. The Hall–Kier alpha value is -1.41. The summed E-state index contributed by atoms with van der Waals surface area (Å²) in [6.45, 7) is 3.47. The molecule has 2 aromatic rings. The van der Waals surface area contributed by atoms with E-state index in [1.807, 2.05) is 0 Å². The van der Waals surface area contributed by atoms with Crippen molar-refractivity contribution in [3.8, 4) is 0 Å². The minimum absolute atomic E-state index is 0.00480. The molecule has 0 saturated carbocycles. The van der Waals surface area contributed by atoms with E-state index in [2.05, 4.69) is 30.6 Å². The largest absolute Gasteiger partial charge is 0.337 e. The molecule has 0 atom stereocenters. The van der Waals surface area contributed by atoms with E-state index in [1.54, 1.807) is 37.6 Å². The second kappa shape index (κ2) is 4.93. The fraction of sp³-hybridized carbons (Fsp3) is 0.273. The predicted octanol–water partition coefficient (Wildman–Crippen LogP) is 2.00. The van der Waals surface area contributed by atoms with Crippen LogP contribution in [0.4, 0.5) is 5.69 Å². The van der Waals surface area contributed by atoms with Crippen LogP contribution in [0.15, 0.2) is 28.0 Å². The number of anilines is 1. The molecule has 2 rings (SSSR count). The summed E-state index contributed by atoms with van der Waals surface area (Å²) < 4.78 is 29.1. The summed E-state index contributed by atoms with van der Waals surface area (Å²) >= 11 is 3.23. The molecule has 2 heterocycles. The number of imidazole rings is 1. The number of nitrogens with zero attached hydrogens (tertiary/aromatic N) is 3. The van der Waals surface area contributed by atoms with Crippen molar-refractivity contribution < 1.29 is 8.42 Å². The molecular weight excluding hydrogens is 332 g/mol. The van der Waals surface area contributed by atoms with Gasteiger partial charge >= 0.3 is 0 Å². The van der Waals surface area contributed by atoms with Crippen molar-refractivity contribution in [1.29, 1.82) is 0 Å². The molecule has 0 aliphatic carbocycles. The molecule has 0 aromatic carbocycles. The minimum atomic E-state index is -3.69. The number of halogens is 1. The number of sulfonamides is 1. The van der Waals surface area contributed by atoms with Crippen LogP contribution in [0.3, 0.4) is 0 Å². The van der Waals surface area contributed by atoms with Gasteiger partial charge < -0.3 is 4.57 Å². The minimum Gasteiger partial charge on any atom is -0.337 e. The van der Waals surface area contributed by atoms with Gasteiger partial charge in [0.1, 0.15) is 10.4 Å². The van der Waals surface area contributed by atoms with Crippen molar-refractivity contribution in [2.45, 2.75) is 18.9 Å². The van der Waals surface area contributed by atoms with Gasteiger partial charge in [-0.2, -0.15) is 8.42 Å². The SMILES string of the molecule is Cc1nc(Br)ccc1NS(=O)(=O)c1cn(C)c(C)n1. The van der Waals surface area contributed by atoms with Gasteiger partial charge in [-0.15, -0.1) is 0 Å². The van der Waals surface area contributed by atoms with Crippen LogP contribution in [-0.4, -0.2) is 23.0 Å². The number of nitrogens with one attached hydrogen (secondary N) is 1. The van der Waals surface area contributed by atoms with Gasteiger partial charge in [0.25, 0.3) is 10.0 Å². The maximum atomic E-state index is 12.2. The highest BCUT2D eigenvalue weighted by molar-refractivity contribution is 9.10. The van der Waals surface area contributed by atoms with Crippen LogP contribution in [-0.2, 0) is 17.1 Å². The Balaban J connectivity index is 2.36. The molecule has 0 unspecified atom stereocenters. The van der Waals surface area contributed by atoms with Crippen LogP contribution in [0.25, 0.3) is 0 Å². The molecule has 0 fully saturated rings. The van der Waals surface area contributed by atoms with Gasteiger partial charge in [0.2, 0.25) is 0 Å². The van der Waals surface area contributed by atoms with E-state index in [4.69, 9.17) is 0 Å². The van der Waals surface area contributed by atoms with E-state index >= 15 is 0 Å². The van der Waals surface area contributed by atoms with Crippen LogP contribution in [0.1, 0.15) is 11.5 Å². The van der Waals surface area contributed by atoms with Crippen LogP contribution in [0.2, 0.25) is 0 Å². The molecular formula is C11H13BrN4O2S. The van der Waals surface area contributed by atoms with Crippen molar-refractivity contribution in [3.63, 3.8) is 0 Å². The van der Waals surface area contributed by atoms with Gasteiger partial charge in [-0.05, 0) is 41.9 Å².